The number of benzene rings is 1. The van der Waals surface area contributed by atoms with E-state index in [4.69, 9.17) is 42.1 Å². The van der Waals surface area contributed by atoms with Crippen LogP contribution in [0.3, 0.4) is 0 Å². The summed E-state index contributed by atoms with van der Waals surface area (Å²) >= 11 is 12.2. The number of carbonyl (C=O) groups is 2. The van der Waals surface area contributed by atoms with Gasteiger partial charge in [-0.2, -0.15) is 0 Å². The van der Waals surface area contributed by atoms with E-state index >= 15 is 0 Å². The van der Waals surface area contributed by atoms with Gasteiger partial charge in [0.25, 0.3) is 5.91 Å². The van der Waals surface area contributed by atoms with E-state index in [1.165, 1.54) is 33.4 Å². The Morgan fingerprint density at radius 2 is 1.85 bits per heavy atom. The number of methoxy groups -OCH3 is 2. The predicted molar refractivity (Wildman–Crippen MR) is 127 cm³/mol. The Kier molecular flexibility index (Phi) is 10.2. The average Bonchev–Trinajstić information content (AvgIpc) is 2.80. The summed E-state index contributed by atoms with van der Waals surface area (Å²) in [6.07, 6.45) is -0.0203. The number of rotatable bonds is 11. The molecule has 4 atom stereocenters. The number of aromatic hydroxyl groups is 1. The van der Waals surface area contributed by atoms with Crippen LogP contribution in [0.15, 0.2) is 30.5 Å². The summed E-state index contributed by atoms with van der Waals surface area (Å²) in [7, 11) is 2.87. The van der Waals surface area contributed by atoms with Crippen molar-refractivity contribution in [1.82, 2.24) is 10.3 Å². The van der Waals surface area contributed by atoms with Crippen molar-refractivity contribution in [3.05, 3.63) is 46.2 Å². The van der Waals surface area contributed by atoms with Crippen molar-refractivity contribution in [3.8, 4) is 17.2 Å². The van der Waals surface area contributed by atoms with E-state index in [2.05, 4.69) is 10.3 Å². The first kappa shape index (κ1) is 27.5. The van der Waals surface area contributed by atoms with Gasteiger partial charge in [0.15, 0.2) is 23.3 Å². The third-order valence-electron chi connectivity index (χ3n) is 5.02. The zero-order valence-corrected chi connectivity index (χ0v) is 21.0. The highest BCUT2D eigenvalue weighted by Gasteiger charge is 2.33. The minimum atomic E-state index is -1.05. The van der Waals surface area contributed by atoms with E-state index in [0.29, 0.717) is 22.2 Å². The van der Waals surface area contributed by atoms with Crippen LogP contribution < -0.4 is 14.8 Å². The van der Waals surface area contributed by atoms with E-state index in [0.717, 1.165) is 0 Å². The van der Waals surface area contributed by atoms with Crippen molar-refractivity contribution >= 4 is 35.1 Å². The van der Waals surface area contributed by atoms with Gasteiger partial charge in [-0.05, 0) is 38.5 Å². The van der Waals surface area contributed by atoms with Gasteiger partial charge in [0, 0.05) is 24.4 Å². The van der Waals surface area contributed by atoms with E-state index in [-0.39, 0.29) is 11.4 Å². The van der Waals surface area contributed by atoms with Crippen LogP contribution in [0.25, 0.3) is 0 Å². The van der Waals surface area contributed by atoms with E-state index < -0.39 is 42.0 Å². The van der Waals surface area contributed by atoms with E-state index in [1.54, 1.807) is 25.1 Å². The van der Waals surface area contributed by atoms with Gasteiger partial charge in [-0.3, -0.25) is 4.79 Å². The number of hydrogen-bond acceptors (Lipinski definition) is 8. The fraction of sp³-hybridized carbons (Fsp3) is 0.435. The van der Waals surface area contributed by atoms with Crippen molar-refractivity contribution in [2.75, 3.05) is 14.2 Å². The molecule has 0 spiro atoms. The molecule has 0 aliphatic carbocycles. The first-order valence-electron chi connectivity index (χ1n) is 10.5. The highest BCUT2D eigenvalue weighted by Crippen LogP contribution is 2.30. The molecule has 2 unspecified atom stereocenters. The fourth-order valence-electron chi connectivity index (χ4n) is 3.17. The molecule has 0 aliphatic heterocycles. The van der Waals surface area contributed by atoms with Gasteiger partial charge in [-0.1, -0.05) is 30.1 Å². The maximum absolute atomic E-state index is 12.7. The van der Waals surface area contributed by atoms with Crippen molar-refractivity contribution < 1.29 is 33.6 Å². The molecule has 0 radical (unpaired) electrons. The SMILES string of the molecule is CCC(OC)[C@@H](Oc1ccc(Cl)cc1Cl)C(C)OC(=O)[C@H](C)NC(=O)c1nccc(OC)c1O. The molecule has 1 aromatic heterocycles. The first-order chi connectivity index (χ1) is 16.1. The maximum atomic E-state index is 12.7. The Hall–Kier alpha value is -2.75. The van der Waals surface area contributed by atoms with Gasteiger partial charge in [-0.25, -0.2) is 9.78 Å². The summed E-state index contributed by atoms with van der Waals surface area (Å²) in [5.74, 6) is -1.48. The standard InChI is InChI=1S/C23H28Cl2N2O7/c1-6-16(31-4)21(34-17-8-7-14(24)11-15(17)25)13(3)33-23(30)12(2)27-22(29)19-20(28)18(32-5)9-10-26-19/h7-13,16,21,28H,6H2,1-5H3,(H,27,29)/t12-,13?,16?,21-/m0/s1. The number of carbonyl (C=O) groups excluding carboxylic acids is 2. The largest absolute Gasteiger partial charge is 0.503 e. The zero-order valence-electron chi connectivity index (χ0n) is 19.5. The molecule has 0 saturated carbocycles. The molecule has 34 heavy (non-hydrogen) atoms. The highest BCUT2D eigenvalue weighted by molar-refractivity contribution is 6.35. The van der Waals surface area contributed by atoms with Crippen molar-refractivity contribution in [3.63, 3.8) is 0 Å². The quantitative estimate of drug-likeness (QED) is 0.431. The monoisotopic (exact) mass is 514 g/mol. The molecule has 1 amide bonds. The number of hydrogen-bond donors (Lipinski definition) is 2. The zero-order chi connectivity index (χ0) is 25.4. The second-order valence-corrected chi connectivity index (χ2v) is 8.23. The van der Waals surface area contributed by atoms with Crippen LogP contribution in [0.1, 0.15) is 37.7 Å². The Bertz CT molecular complexity index is 1000. The Labute approximate surface area is 208 Å². The molecule has 1 aromatic carbocycles. The highest BCUT2D eigenvalue weighted by atomic mass is 35.5. The molecule has 2 rings (SSSR count). The molecular formula is C23H28Cl2N2O7. The summed E-state index contributed by atoms with van der Waals surface area (Å²) in [6.45, 7) is 5.00. The number of esters is 1. The van der Waals surface area contributed by atoms with E-state index in [1.807, 2.05) is 6.92 Å². The normalized spacial score (nSPS) is 14.4. The van der Waals surface area contributed by atoms with Crippen LogP contribution in [0, 0.1) is 0 Å². The second kappa shape index (κ2) is 12.6. The molecule has 0 bridgehead atoms. The van der Waals surface area contributed by atoms with Crippen LogP contribution in [-0.4, -0.2) is 60.5 Å². The summed E-state index contributed by atoms with van der Waals surface area (Å²) in [5, 5.41) is 13.3. The summed E-state index contributed by atoms with van der Waals surface area (Å²) in [6, 6.07) is 5.14. The minimum Gasteiger partial charge on any atom is -0.503 e. The summed E-state index contributed by atoms with van der Waals surface area (Å²) in [5.41, 5.74) is -0.281. The Morgan fingerprint density at radius 3 is 2.44 bits per heavy atom. The molecule has 2 N–H and O–H groups in total. The lowest BCUT2D eigenvalue weighted by Crippen LogP contribution is -2.47. The smallest absolute Gasteiger partial charge is 0.328 e. The number of amides is 1. The lowest BCUT2D eigenvalue weighted by molar-refractivity contribution is -0.159. The minimum absolute atomic E-state index is 0.0787. The number of ether oxygens (including phenoxy) is 4. The van der Waals surface area contributed by atoms with Crippen molar-refractivity contribution in [2.45, 2.75) is 51.5 Å². The van der Waals surface area contributed by atoms with Gasteiger partial charge in [0.1, 0.15) is 17.9 Å². The number of aromatic nitrogens is 1. The predicted octanol–water partition coefficient (Wildman–Crippen LogP) is 4.03. The topological polar surface area (TPSA) is 116 Å². The van der Waals surface area contributed by atoms with Gasteiger partial charge in [-0.15, -0.1) is 0 Å². The molecule has 11 heteroatoms. The van der Waals surface area contributed by atoms with Crippen molar-refractivity contribution in [1.29, 1.82) is 0 Å². The molecule has 0 saturated heterocycles. The molecule has 186 valence electrons. The van der Waals surface area contributed by atoms with Crippen LogP contribution >= 0.6 is 23.2 Å². The van der Waals surface area contributed by atoms with E-state index in [9.17, 15) is 14.7 Å². The third kappa shape index (κ3) is 6.88. The molecular weight excluding hydrogens is 487 g/mol. The van der Waals surface area contributed by atoms with Gasteiger partial charge < -0.3 is 29.4 Å². The maximum Gasteiger partial charge on any atom is 0.328 e. The van der Waals surface area contributed by atoms with Gasteiger partial charge in [0.05, 0.1) is 18.2 Å². The first-order valence-corrected chi connectivity index (χ1v) is 11.3. The molecule has 9 nitrogen and oxygen atoms in total. The molecule has 0 aliphatic rings. The number of halogens is 2. The fourth-order valence-corrected chi connectivity index (χ4v) is 3.62. The second-order valence-electron chi connectivity index (χ2n) is 7.39. The lowest BCUT2D eigenvalue weighted by Gasteiger charge is -2.31. The molecule has 1 heterocycles. The van der Waals surface area contributed by atoms with Gasteiger partial charge >= 0.3 is 5.97 Å². The number of nitrogens with zero attached hydrogens (tertiary/aromatic N) is 1. The van der Waals surface area contributed by atoms with Crippen LogP contribution in [0.5, 0.6) is 17.2 Å². The molecule has 2 aromatic rings. The number of pyridine rings is 1. The van der Waals surface area contributed by atoms with Crippen LogP contribution in [-0.2, 0) is 14.3 Å². The van der Waals surface area contributed by atoms with Crippen molar-refractivity contribution in [2.24, 2.45) is 0 Å². The Morgan fingerprint density at radius 1 is 1.15 bits per heavy atom. The lowest BCUT2D eigenvalue weighted by atomic mass is 10.1. The number of nitrogens with one attached hydrogen (secondary N) is 1. The summed E-state index contributed by atoms with van der Waals surface area (Å²) in [4.78, 5) is 29.1. The Balaban J connectivity index is 2.12. The van der Waals surface area contributed by atoms with Crippen LogP contribution in [0.2, 0.25) is 10.0 Å². The average molecular weight is 515 g/mol. The molecule has 0 fully saturated rings. The van der Waals surface area contributed by atoms with Crippen LogP contribution in [0.4, 0.5) is 0 Å². The van der Waals surface area contributed by atoms with Gasteiger partial charge in [0.2, 0.25) is 0 Å². The summed E-state index contributed by atoms with van der Waals surface area (Å²) < 4.78 is 22.1. The third-order valence-corrected chi connectivity index (χ3v) is 5.55.